The van der Waals surface area contributed by atoms with E-state index in [1.807, 2.05) is 32.9 Å². The fourth-order valence-electron chi connectivity index (χ4n) is 4.91. The van der Waals surface area contributed by atoms with Gasteiger partial charge in [-0.1, -0.05) is 17.7 Å². The Morgan fingerprint density at radius 2 is 1.97 bits per heavy atom. The highest BCUT2D eigenvalue weighted by atomic mass is 35.5. The molecule has 1 amide bonds. The summed E-state index contributed by atoms with van der Waals surface area (Å²) in [6, 6.07) is 10.4. The number of alkyl halides is 3. The number of hydrogen-bond acceptors (Lipinski definition) is 5. The lowest BCUT2D eigenvalue weighted by atomic mass is 9.87. The average molecular weight is 526 g/mol. The summed E-state index contributed by atoms with van der Waals surface area (Å²) in [4.78, 5) is 20.8. The molecule has 2 fully saturated rings. The minimum Gasteiger partial charge on any atom is -0.489 e. The molecule has 4 rings (SSSR count). The van der Waals surface area contributed by atoms with Gasteiger partial charge in [0.1, 0.15) is 11.9 Å². The molecule has 2 saturated heterocycles. The first-order chi connectivity index (χ1) is 16.9. The summed E-state index contributed by atoms with van der Waals surface area (Å²) in [5, 5.41) is 0.356. The number of likely N-dealkylation sites (tertiary alicyclic amines) is 1. The number of carbonyl (C=O) groups excluding carboxylic acids is 1. The first-order valence-electron chi connectivity index (χ1n) is 12.1. The molecule has 2 aliphatic heterocycles. The molecule has 1 atom stereocenters. The molecule has 0 bridgehead atoms. The van der Waals surface area contributed by atoms with Crippen LogP contribution in [0.3, 0.4) is 0 Å². The van der Waals surface area contributed by atoms with Crippen molar-refractivity contribution in [2.45, 2.75) is 57.6 Å². The highest BCUT2D eigenvalue weighted by Crippen LogP contribution is 2.39. The van der Waals surface area contributed by atoms with Gasteiger partial charge in [-0.05, 0) is 63.9 Å². The number of piperidine rings is 1. The van der Waals surface area contributed by atoms with Gasteiger partial charge in [-0.3, -0.25) is 14.7 Å². The van der Waals surface area contributed by atoms with E-state index in [0.717, 1.165) is 5.69 Å². The second-order valence-corrected chi connectivity index (χ2v) is 10.3. The van der Waals surface area contributed by atoms with Gasteiger partial charge in [-0.2, -0.15) is 13.2 Å². The number of aromatic nitrogens is 1. The third-order valence-electron chi connectivity index (χ3n) is 6.47. The summed E-state index contributed by atoms with van der Waals surface area (Å²) in [7, 11) is 0. The lowest BCUT2D eigenvalue weighted by Gasteiger charge is -2.50. The molecular formula is C26H31ClF3N3O3. The van der Waals surface area contributed by atoms with Crippen molar-refractivity contribution in [1.29, 1.82) is 0 Å². The van der Waals surface area contributed by atoms with Gasteiger partial charge in [-0.25, -0.2) is 0 Å². The topological polar surface area (TPSA) is 54.9 Å². The van der Waals surface area contributed by atoms with E-state index in [1.54, 1.807) is 29.2 Å². The molecule has 36 heavy (non-hydrogen) atoms. The molecule has 2 aromatic rings. The molecule has 2 aliphatic rings. The molecule has 1 spiro atoms. The number of aryl methyl sites for hydroxylation is 1. The van der Waals surface area contributed by atoms with Crippen molar-refractivity contribution in [1.82, 2.24) is 14.8 Å². The molecule has 0 saturated carbocycles. The largest absolute Gasteiger partial charge is 0.489 e. The predicted molar refractivity (Wildman–Crippen MR) is 130 cm³/mol. The highest BCUT2D eigenvalue weighted by molar-refractivity contribution is 6.32. The molecule has 1 aromatic heterocycles. The summed E-state index contributed by atoms with van der Waals surface area (Å²) >= 11 is 6.31. The Kier molecular flexibility index (Phi) is 7.83. The van der Waals surface area contributed by atoms with E-state index in [-0.39, 0.29) is 25.1 Å². The molecule has 0 N–H and O–H groups in total. The Balaban J connectivity index is 1.48. The van der Waals surface area contributed by atoms with Crippen LogP contribution >= 0.6 is 11.6 Å². The van der Waals surface area contributed by atoms with Crippen LogP contribution in [0.25, 0.3) is 0 Å². The second-order valence-electron chi connectivity index (χ2n) is 9.88. The van der Waals surface area contributed by atoms with E-state index in [9.17, 15) is 18.0 Å². The SMILES string of the molecule is Cc1cccc(C2CN(CC(F)(F)F)CC3(CCN(C(=O)c4ccc(OC(C)C)c(Cl)c4)CC3)O2)n1. The van der Waals surface area contributed by atoms with Crippen LogP contribution in [0.15, 0.2) is 36.4 Å². The van der Waals surface area contributed by atoms with Crippen LogP contribution in [0.5, 0.6) is 5.75 Å². The van der Waals surface area contributed by atoms with Gasteiger partial charge in [0, 0.05) is 37.4 Å². The van der Waals surface area contributed by atoms with Crippen molar-refractivity contribution in [3.8, 4) is 5.75 Å². The van der Waals surface area contributed by atoms with Crippen LogP contribution in [0, 0.1) is 6.92 Å². The van der Waals surface area contributed by atoms with E-state index in [4.69, 9.17) is 21.1 Å². The quantitative estimate of drug-likeness (QED) is 0.520. The predicted octanol–water partition coefficient (Wildman–Crippen LogP) is 5.44. The average Bonchev–Trinajstić information content (AvgIpc) is 2.79. The summed E-state index contributed by atoms with van der Waals surface area (Å²) in [6.07, 6.45) is -4.08. The van der Waals surface area contributed by atoms with Crippen LogP contribution in [0.4, 0.5) is 13.2 Å². The monoisotopic (exact) mass is 525 g/mol. The van der Waals surface area contributed by atoms with Gasteiger partial charge in [0.05, 0.1) is 29.0 Å². The summed E-state index contributed by atoms with van der Waals surface area (Å²) in [5.41, 5.74) is 1.06. The number of amides is 1. The maximum atomic E-state index is 13.3. The Bertz CT molecular complexity index is 1090. The second kappa shape index (κ2) is 10.6. The Morgan fingerprint density at radius 3 is 2.58 bits per heavy atom. The van der Waals surface area contributed by atoms with Gasteiger partial charge in [0.2, 0.25) is 0 Å². The minimum atomic E-state index is -4.31. The number of pyridine rings is 1. The van der Waals surface area contributed by atoms with E-state index >= 15 is 0 Å². The third-order valence-corrected chi connectivity index (χ3v) is 6.77. The molecule has 0 aliphatic carbocycles. The fraction of sp³-hybridized carbons (Fsp3) is 0.538. The number of rotatable bonds is 5. The van der Waals surface area contributed by atoms with E-state index in [1.165, 1.54) is 4.90 Å². The molecule has 1 unspecified atom stereocenters. The zero-order valence-corrected chi connectivity index (χ0v) is 21.4. The lowest BCUT2D eigenvalue weighted by molar-refractivity contribution is -0.206. The number of morpholine rings is 1. The van der Waals surface area contributed by atoms with Gasteiger partial charge in [0.25, 0.3) is 5.91 Å². The Morgan fingerprint density at radius 1 is 1.25 bits per heavy atom. The van der Waals surface area contributed by atoms with Gasteiger partial charge in [0.15, 0.2) is 0 Å². The van der Waals surface area contributed by atoms with Crippen molar-refractivity contribution >= 4 is 17.5 Å². The molecular weight excluding hydrogens is 495 g/mol. The molecule has 196 valence electrons. The first-order valence-corrected chi connectivity index (χ1v) is 12.5. The normalized spacial score (nSPS) is 20.7. The van der Waals surface area contributed by atoms with Crippen molar-refractivity contribution in [3.05, 3.63) is 58.4 Å². The van der Waals surface area contributed by atoms with E-state index in [2.05, 4.69) is 4.98 Å². The lowest BCUT2D eigenvalue weighted by Crippen LogP contribution is -2.59. The van der Waals surface area contributed by atoms with Gasteiger partial charge >= 0.3 is 6.18 Å². The van der Waals surface area contributed by atoms with Gasteiger partial charge in [-0.15, -0.1) is 0 Å². The van der Waals surface area contributed by atoms with Crippen LogP contribution < -0.4 is 4.74 Å². The number of ether oxygens (including phenoxy) is 2. The van der Waals surface area contributed by atoms with Crippen LogP contribution in [0.2, 0.25) is 5.02 Å². The maximum absolute atomic E-state index is 13.3. The Labute approximate surface area is 214 Å². The highest BCUT2D eigenvalue weighted by Gasteiger charge is 2.46. The maximum Gasteiger partial charge on any atom is 0.401 e. The van der Waals surface area contributed by atoms with Crippen molar-refractivity contribution < 1.29 is 27.4 Å². The molecule has 10 heteroatoms. The number of hydrogen-bond donors (Lipinski definition) is 0. The number of carbonyl (C=O) groups is 1. The minimum absolute atomic E-state index is 0.0476. The molecule has 6 nitrogen and oxygen atoms in total. The molecule has 3 heterocycles. The van der Waals surface area contributed by atoms with Gasteiger partial charge < -0.3 is 14.4 Å². The zero-order valence-electron chi connectivity index (χ0n) is 20.6. The summed E-state index contributed by atoms with van der Waals surface area (Å²) < 4.78 is 52.0. The van der Waals surface area contributed by atoms with Crippen LogP contribution in [0.1, 0.15) is 54.5 Å². The smallest absolute Gasteiger partial charge is 0.401 e. The number of benzene rings is 1. The van der Waals surface area contributed by atoms with Crippen LogP contribution in [-0.2, 0) is 4.74 Å². The Hall–Kier alpha value is -2.36. The van der Waals surface area contributed by atoms with Crippen molar-refractivity contribution in [3.63, 3.8) is 0 Å². The third kappa shape index (κ3) is 6.49. The first kappa shape index (κ1) is 26.7. The molecule has 0 radical (unpaired) electrons. The fourth-order valence-corrected chi connectivity index (χ4v) is 5.14. The number of halogens is 4. The van der Waals surface area contributed by atoms with E-state index in [0.29, 0.717) is 48.0 Å². The number of nitrogens with zero attached hydrogens (tertiary/aromatic N) is 3. The van der Waals surface area contributed by atoms with Crippen LogP contribution in [-0.4, -0.2) is 71.3 Å². The summed E-state index contributed by atoms with van der Waals surface area (Å²) in [5.74, 6) is 0.333. The van der Waals surface area contributed by atoms with Crippen molar-refractivity contribution in [2.24, 2.45) is 0 Å². The zero-order chi connectivity index (χ0) is 26.1. The van der Waals surface area contributed by atoms with Crippen molar-refractivity contribution in [2.75, 3.05) is 32.7 Å². The standard InChI is InChI=1S/C26H31ClF3N3O3/c1-17(2)35-22-8-7-19(13-20(22)27)24(34)33-11-9-25(10-12-33)15-32(16-26(28,29)30)14-23(36-25)21-6-4-5-18(3)31-21/h4-8,13,17,23H,9-12,14-16H2,1-3H3. The van der Waals surface area contributed by atoms with E-state index < -0.39 is 24.4 Å². The summed E-state index contributed by atoms with van der Waals surface area (Å²) in [6.45, 7) is 5.62. The molecule has 1 aromatic carbocycles.